The highest BCUT2D eigenvalue weighted by Crippen LogP contribution is 2.17. The highest BCUT2D eigenvalue weighted by molar-refractivity contribution is 6.96. The summed E-state index contributed by atoms with van der Waals surface area (Å²) in [4.78, 5) is 0. The van der Waals surface area contributed by atoms with Gasteiger partial charge in [0, 0.05) is 0 Å². The minimum Gasteiger partial charge on any atom is -0.370 e. The monoisotopic (exact) mass is 231 g/mol. The molecule has 0 rings (SSSR count). The van der Waals surface area contributed by atoms with Gasteiger partial charge in [0.25, 0.3) is 0 Å². The summed E-state index contributed by atoms with van der Waals surface area (Å²) in [6.45, 7) is 17.0. The fourth-order valence-electron chi connectivity index (χ4n) is 1.76. The lowest BCUT2D eigenvalue weighted by Gasteiger charge is -2.43. The van der Waals surface area contributed by atoms with E-state index >= 15 is 0 Å². The lowest BCUT2D eigenvalue weighted by molar-refractivity contribution is 0.960. The van der Waals surface area contributed by atoms with Crippen molar-refractivity contribution in [1.82, 2.24) is 3.90 Å². The van der Waals surface area contributed by atoms with Crippen molar-refractivity contribution in [1.29, 1.82) is 0 Å². The topological polar surface area (TPSA) is 3.24 Å². The Morgan fingerprint density at radius 1 is 0.923 bits per heavy atom. The first-order valence-corrected chi connectivity index (χ1v) is 13.4. The van der Waals surface area contributed by atoms with Crippen molar-refractivity contribution in [3.05, 3.63) is 11.8 Å². The standard InChI is InChI=1S/C9H25NSi3/c1-8-9-11-10(12(2,3)4)13(5,6)7/h8-9H,11H2,1-7H3. The molecular formula is C9H25NSi3. The van der Waals surface area contributed by atoms with Gasteiger partial charge in [0.15, 0.2) is 0 Å². The van der Waals surface area contributed by atoms with Crippen molar-refractivity contribution in [2.45, 2.75) is 46.2 Å². The van der Waals surface area contributed by atoms with Gasteiger partial charge in [-0.2, -0.15) is 0 Å². The molecule has 1 nitrogen and oxygen atoms in total. The Morgan fingerprint density at radius 2 is 1.31 bits per heavy atom. The van der Waals surface area contributed by atoms with Crippen LogP contribution in [0.4, 0.5) is 0 Å². The van der Waals surface area contributed by atoms with Crippen LogP contribution in [0.5, 0.6) is 0 Å². The zero-order valence-corrected chi connectivity index (χ0v) is 13.7. The summed E-state index contributed by atoms with van der Waals surface area (Å²) >= 11 is 0. The molecule has 0 N–H and O–H groups in total. The Labute approximate surface area is 88.3 Å². The molecule has 0 atom stereocenters. The summed E-state index contributed by atoms with van der Waals surface area (Å²) in [5, 5.41) is 0. The van der Waals surface area contributed by atoms with E-state index in [1.165, 1.54) is 0 Å². The molecule has 0 spiro atoms. The van der Waals surface area contributed by atoms with E-state index in [9.17, 15) is 0 Å². The van der Waals surface area contributed by atoms with Crippen LogP contribution in [0.1, 0.15) is 6.92 Å². The van der Waals surface area contributed by atoms with E-state index in [4.69, 9.17) is 0 Å². The Bertz CT molecular complexity index is 162. The molecule has 0 saturated heterocycles. The number of rotatable bonds is 4. The molecule has 0 aromatic rings. The Morgan fingerprint density at radius 3 is 1.54 bits per heavy atom. The molecule has 13 heavy (non-hydrogen) atoms. The molecule has 0 aromatic carbocycles. The second kappa shape index (κ2) is 4.73. The van der Waals surface area contributed by atoms with E-state index in [2.05, 4.69) is 61.9 Å². The maximum Gasteiger partial charge on any atom is 0.105 e. The van der Waals surface area contributed by atoms with Gasteiger partial charge in [-0.1, -0.05) is 51.1 Å². The molecule has 78 valence electrons. The summed E-state index contributed by atoms with van der Waals surface area (Å²) in [5.41, 5.74) is 2.43. The van der Waals surface area contributed by atoms with Gasteiger partial charge in [0.2, 0.25) is 0 Å². The van der Waals surface area contributed by atoms with Crippen LogP contribution in [-0.4, -0.2) is 30.0 Å². The fraction of sp³-hybridized carbons (Fsp3) is 0.778. The predicted octanol–water partition coefficient (Wildman–Crippen LogP) is 2.58. The summed E-state index contributed by atoms with van der Waals surface area (Å²) in [6.07, 6.45) is 2.22. The van der Waals surface area contributed by atoms with Gasteiger partial charge in [0.05, 0.1) is 0 Å². The van der Waals surface area contributed by atoms with Gasteiger partial charge in [-0.15, -0.1) is 0 Å². The van der Waals surface area contributed by atoms with Crippen molar-refractivity contribution in [2.75, 3.05) is 0 Å². The quantitative estimate of drug-likeness (QED) is 0.672. The second-order valence-electron chi connectivity index (χ2n) is 5.52. The molecule has 0 heterocycles. The lowest BCUT2D eigenvalue weighted by Crippen LogP contribution is -2.60. The molecule has 4 heteroatoms. The minimum absolute atomic E-state index is 0.107. The smallest absolute Gasteiger partial charge is 0.105 e. The van der Waals surface area contributed by atoms with E-state index < -0.39 is 16.5 Å². The first-order chi connectivity index (χ1) is 5.69. The van der Waals surface area contributed by atoms with Crippen molar-refractivity contribution >= 4 is 26.2 Å². The first-order valence-electron chi connectivity index (χ1n) is 5.08. The summed E-state index contributed by atoms with van der Waals surface area (Å²) in [5.74, 6) is 0. The molecule has 0 aliphatic carbocycles. The maximum atomic E-state index is 2.92. The van der Waals surface area contributed by atoms with Crippen LogP contribution in [-0.2, 0) is 0 Å². The average molecular weight is 232 g/mol. The van der Waals surface area contributed by atoms with Crippen LogP contribution >= 0.6 is 0 Å². The Hall–Kier alpha value is 0.351. The van der Waals surface area contributed by atoms with Crippen molar-refractivity contribution in [2.24, 2.45) is 0 Å². The summed E-state index contributed by atoms with van der Waals surface area (Å²) in [6, 6.07) is 0. The number of hydrogen-bond acceptors (Lipinski definition) is 1. The van der Waals surface area contributed by atoms with E-state index in [1.807, 2.05) is 0 Å². The average Bonchev–Trinajstić information content (AvgIpc) is 1.81. The van der Waals surface area contributed by atoms with Crippen molar-refractivity contribution in [3.8, 4) is 0 Å². The third-order valence-corrected chi connectivity index (χ3v) is 17.2. The first kappa shape index (κ1) is 13.4. The fourth-order valence-corrected chi connectivity index (χ4v) is 15.3. The SMILES string of the molecule is CC=C[SiH2]N([Si](C)(C)C)[Si](C)(C)C. The number of hydrogen-bond donors (Lipinski definition) is 0. The molecule has 0 radical (unpaired) electrons. The van der Waals surface area contributed by atoms with Gasteiger partial charge < -0.3 is 3.90 Å². The maximum absolute atomic E-state index is 2.92. The molecular weight excluding hydrogens is 206 g/mol. The van der Waals surface area contributed by atoms with Crippen LogP contribution in [0.25, 0.3) is 0 Å². The second-order valence-corrected chi connectivity index (χ2v) is 18.5. The lowest BCUT2D eigenvalue weighted by atomic mass is 10.8. The third kappa shape index (κ3) is 4.95. The van der Waals surface area contributed by atoms with Gasteiger partial charge in [0.1, 0.15) is 26.2 Å². The van der Waals surface area contributed by atoms with Crippen LogP contribution in [0.3, 0.4) is 0 Å². The summed E-state index contributed by atoms with van der Waals surface area (Å²) < 4.78 is 2.92. The largest absolute Gasteiger partial charge is 0.370 e. The van der Waals surface area contributed by atoms with Crippen molar-refractivity contribution < 1.29 is 0 Å². The highest BCUT2D eigenvalue weighted by atomic mass is 28.5. The van der Waals surface area contributed by atoms with Crippen LogP contribution in [0, 0.1) is 0 Å². The van der Waals surface area contributed by atoms with Gasteiger partial charge >= 0.3 is 0 Å². The zero-order chi connectivity index (χ0) is 10.7. The van der Waals surface area contributed by atoms with E-state index in [0.717, 1.165) is 0 Å². The molecule has 0 saturated carbocycles. The molecule has 0 aliphatic rings. The normalized spacial score (nSPS) is 15.4. The van der Waals surface area contributed by atoms with Gasteiger partial charge in [-0.3, -0.25) is 0 Å². The van der Waals surface area contributed by atoms with Crippen LogP contribution < -0.4 is 0 Å². The molecule has 0 aromatic heterocycles. The van der Waals surface area contributed by atoms with Gasteiger partial charge in [-0.05, 0) is 6.92 Å². The molecule has 0 aliphatic heterocycles. The predicted molar refractivity (Wildman–Crippen MR) is 71.9 cm³/mol. The highest BCUT2D eigenvalue weighted by Gasteiger charge is 2.32. The zero-order valence-electron chi connectivity index (χ0n) is 10.3. The van der Waals surface area contributed by atoms with E-state index in [0.29, 0.717) is 0 Å². The molecule has 0 amide bonds. The van der Waals surface area contributed by atoms with Crippen LogP contribution in [0.15, 0.2) is 11.8 Å². The van der Waals surface area contributed by atoms with Gasteiger partial charge in [-0.25, -0.2) is 0 Å². The Kier molecular flexibility index (Phi) is 4.85. The Balaban J connectivity index is 4.57. The number of nitrogens with zero attached hydrogens (tertiary/aromatic N) is 1. The van der Waals surface area contributed by atoms with Crippen LogP contribution in [0.2, 0.25) is 39.3 Å². The van der Waals surface area contributed by atoms with E-state index in [-0.39, 0.29) is 9.68 Å². The third-order valence-electron chi connectivity index (χ3n) is 2.14. The van der Waals surface area contributed by atoms with Crippen molar-refractivity contribution in [3.63, 3.8) is 0 Å². The molecule has 0 fully saturated rings. The van der Waals surface area contributed by atoms with E-state index in [1.54, 1.807) is 0 Å². The number of allylic oxidation sites excluding steroid dienone is 1. The molecule has 0 bridgehead atoms. The minimum atomic E-state index is -1.05. The molecule has 0 unspecified atom stereocenters. The summed E-state index contributed by atoms with van der Waals surface area (Å²) in [7, 11) is -2.21.